The van der Waals surface area contributed by atoms with Crippen LogP contribution in [0, 0.1) is 23.7 Å². The minimum Gasteiger partial charge on any atom is -0.289 e. The zero-order chi connectivity index (χ0) is 23.6. The minimum atomic E-state index is 0.0582. The average Bonchev–Trinajstić information content (AvgIpc) is 2.70. The summed E-state index contributed by atoms with van der Waals surface area (Å²) in [6, 6.07) is 0. The second kappa shape index (κ2) is 14.1. The van der Waals surface area contributed by atoms with Crippen LogP contribution in [0.1, 0.15) is 126 Å². The Labute approximate surface area is 193 Å². The van der Waals surface area contributed by atoms with Gasteiger partial charge >= 0.3 is 0 Å². The maximum absolute atomic E-state index is 12.6. The van der Waals surface area contributed by atoms with Crippen molar-refractivity contribution in [3.63, 3.8) is 0 Å². The molecule has 178 valence electrons. The summed E-state index contributed by atoms with van der Waals surface area (Å²) in [5.74, 6) is 3.28. The Morgan fingerprint density at radius 1 is 0.516 bits per heavy atom. The fourth-order valence-corrected chi connectivity index (χ4v) is 4.78. The Bertz CT molecular complexity index is 650. The van der Waals surface area contributed by atoms with E-state index in [-0.39, 0.29) is 11.6 Å². The fourth-order valence-electron chi connectivity index (χ4n) is 4.78. The molecule has 0 spiro atoms. The summed E-state index contributed by atoms with van der Waals surface area (Å²) in [4.78, 5) is 24.9. The lowest BCUT2D eigenvalue weighted by Gasteiger charge is -2.20. The van der Waals surface area contributed by atoms with Gasteiger partial charge in [-0.2, -0.15) is 0 Å². The molecule has 0 bridgehead atoms. The Balaban J connectivity index is 2.22. The summed E-state index contributed by atoms with van der Waals surface area (Å²) < 4.78 is 0. The molecular weight excluding hydrogens is 380 g/mol. The van der Waals surface area contributed by atoms with Crippen molar-refractivity contribution in [2.24, 2.45) is 23.7 Å². The van der Waals surface area contributed by atoms with Gasteiger partial charge in [-0.05, 0) is 57.3 Å². The molecule has 0 aromatic carbocycles. The minimum absolute atomic E-state index is 0.0582. The molecule has 0 heterocycles. The van der Waals surface area contributed by atoms with Gasteiger partial charge in [-0.3, -0.25) is 9.59 Å². The van der Waals surface area contributed by atoms with E-state index < -0.39 is 0 Å². The number of carbonyl (C=O) groups is 2. The summed E-state index contributed by atoms with van der Waals surface area (Å²) in [6.07, 6.45) is 13.8. The molecule has 0 saturated heterocycles. The van der Waals surface area contributed by atoms with Gasteiger partial charge < -0.3 is 0 Å². The molecule has 2 heteroatoms. The summed E-state index contributed by atoms with van der Waals surface area (Å²) >= 11 is 0. The highest BCUT2D eigenvalue weighted by Gasteiger charge is 2.27. The second-order valence-electron chi connectivity index (χ2n) is 11.1. The number of carbonyl (C=O) groups excluding carboxylic acids is 2. The van der Waals surface area contributed by atoms with Gasteiger partial charge in [-0.25, -0.2) is 0 Å². The van der Waals surface area contributed by atoms with Crippen molar-refractivity contribution in [2.75, 3.05) is 0 Å². The zero-order valence-electron chi connectivity index (χ0n) is 21.9. The molecule has 2 nitrogen and oxygen atoms in total. The first-order valence-corrected chi connectivity index (χ1v) is 13.0. The summed E-state index contributed by atoms with van der Waals surface area (Å²) in [5, 5.41) is 0. The molecule has 31 heavy (non-hydrogen) atoms. The van der Waals surface area contributed by atoms with Crippen molar-refractivity contribution < 1.29 is 9.59 Å². The van der Waals surface area contributed by atoms with Gasteiger partial charge in [-0.15, -0.1) is 0 Å². The summed E-state index contributed by atoms with van der Waals surface area (Å²) in [6.45, 7) is 17.2. The number of hydrogen-bond acceptors (Lipinski definition) is 2. The molecule has 0 aromatic rings. The number of hydrogen-bond donors (Lipinski definition) is 0. The van der Waals surface area contributed by atoms with E-state index in [2.05, 4.69) is 34.6 Å². The van der Waals surface area contributed by atoms with Crippen LogP contribution in [0.15, 0.2) is 22.3 Å². The van der Waals surface area contributed by atoms with Crippen molar-refractivity contribution in [1.29, 1.82) is 0 Å². The van der Waals surface area contributed by atoms with Gasteiger partial charge in [0.1, 0.15) is 0 Å². The first-order valence-electron chi connectivity index (χ1n) is 13.0. The van der Waals surface area contributed by atoms with Gasteiger partial charge in [0.25, 0.3) is 0 Å². The van der Waals surface area contributed by atoms with E-state index in [9.17, 15) is 9.59 Å². The Kier molecular flexibility index (Phi) is 12.6. The van der Waals surface area contributed by atoms with Gasteiger partial charge in [0.15, 0.2) is 11.6 Å². The number of ketones is 2. The predicted octanol–water partition coefficient (Wildman–Crippen LogP) is 8.65. The van der Waals surface area contributed by atoms with E-state index in [1.165, 1.54) is 57.8 Å². The molecule has 0 aliphatic heterocycles. The first-order chi connectivity index (χ1) is 14.5. The van der Waals surface area contributed by atoms with Crippen LogP contribution in [0.2, 0.25) is 0 Å². The largest absolute Gasteiger partial charge is 0.289 e. The van der Waals surface area contributed by atoms with Crippen molar-refractivity contribution >= 4 is 11.6 Å². The van der Waals surface area contributed by atoms with Gasteiger partial charge in [0.05, 0.1) is 0 Å². The van der Waals surface area contributed by atoms with Gasteiger partial charge in [-0.1, -0.05) is 92.4 Å². The lowest BCUT2D eigenvalue weighted by Crippen LogP contribution is -2.21. The van der Waals surface area contributed by atoms with Crippen molar-refractivity contribution in [2.45, 2.75) is 126 Å². The number of Topliss-reactive ketones (excluding diaryl/α,β-unsaturated/α-hetero) is 2. The third kappa shape index (κ3) is 9.87. The third-order valence-corrected chi connectivity index (χ3v) is 7.46. The van der Waals surface area contributed by atoms with Gasteiger partial charge in [0.2, 0.25) is 0 Å². The van der Waals surface area contributed by atoms with Crippen molar-refractivity contribution in [1.82, 2.24) is 0 Å². The highest BCUT2D eigenvalue weighted by molar-refractivity contribution is 6.24. The van der Waals surface area contributed by atoms with Crippen molar-refractivity contribution in [3.05, 3.63) is 22.3 Å². The number of rotatable bonds is 15. The van der Waals surface area contributed by atoms with Crippen molar-refractivity contribution in [3.8, 4) is 0 Å². The Hall–Kier alpha value is -1.18. The predicted molar refractivity (Wildman–Crippen MR) is 134 cm³/mol. The van der Waals surface area contributed by atoms with Crippen LogP contribution in [0.3, 0.4) is 0 Å². The Morgan fingerprint density at radius 2 is 0.903 bits per heavy atom. The van der Waals surface area contributed by atoms with Crippen LogP contribution in [-0.2, 0) is 9.59 Å². The van der Waals surface area contributed by atoms with E-state index in [1.54, 1.807) is 13.8 Å². The molecule has 0 saturated carbocycles. The topological polar surface area (TPSA) is 34.1 Å². The lowest BCUT2D eigenvalue weighted by molar-refractivity contribution is -0.116. The maximum Gasteiger partial charge on any atom is 0.185 e. The lowest BCUT2D eigenvalue weighted by atomic mass is 9.82. The van der Waals surface area contributed by atoms with Gasteiger partial charge in [0, 0.05) is 22.3 Å². The molecule has 1 aliphatic rings. The molecule has 1 rings (SSSR count). The molecule has 0 aromatic heterocycles. The third-order valence-electron chi connectivity index (χ3n) is 7.46. The smallest absolute Gasteiger partial charge is 0.185 e. The quantitative estimate of drug-likeness (QED) is 0.244. The van der Waals surface area contributed by atoms with E-state index in [1.807, 2.05) is 6.92 Å². The van der Waals surface area contributed by atoms with Crippen LogP contribution in [0.25, 0.3) is 0 Å². The fraction of sp³-hybridized carbons (Fsp3) is 0.793. The van der Waals surface area contributed by atoms with Crippen LogP contribution in [0.4, 0.5) is 0 Å². The second-order valence-corrected chi connectivity index (χ2v) is 11.1. The normalized spacial score (nSPS) is 18.2. The highest BCUT2D eigenvalue weighted by atomic mass is 16.1. The molecule has 0 amide bonds. The SMILES string of the molecule is CC1=C(C)C(=O)C(CC[C@H](C)CCC[C@H](C)CCC[C@@H](C)CCCC(C)C)=C(C)C1=O. The molecule has 0 radical (unpaired) electrons. The van der Waals surface area contributed by atoms with E-state index in [0.29, 0.717) is 22.6 Å². The van der Waals surface area contributed by atoms with Crippen LogP contribution >= 0.6 is 0 Å². The van der Waals surface area contributed by atoms with E-state index in [4.69, 9.17) is 0 Å². The molecule has 3 atom stereocenters. The monoisotopic (exact) mass is 430 g/mol. The number of allylic oxidation sites excluding steroid dienone is 4. The summed E-state index contributed by atoms with van der Waals surface area (Å²) in [7, 11) is 0. The Morgan fingerprint density at radius 3 is 1.35 bits per heavy atom. The zero-order valence-corrected chi connectivity index (χ0v) is 21.9. The molecule has 0 fully saturated rings. The molecular formula is C29H50O2. The van der Waals surface area contributed by atoms with Crippen LogP contribution in [-0.4, -0.2) is 11.6 Å². The van der Waals surface area contributed by atoms with Crippen LogP contribution < -0.4 is 0 Å². The first kappa shape index (κ1) is 27.9. The highest BCUT2D eigenvalue weighted by Crippen LogP contribution is 2.29. The van der Waals surface area contributed by atoms with E-state index >= 15 is 0 Å². The summed E-state index contributed by atoms with van der Waals surface area (Å²) in [5.41, 5.74) is 2.70. The molecule has 0 unspecified atom stereocenters. The average molecular weight is 431 g/mol. The van der Waals surface area contributed by atoms with E-state index in [0.717, 1.165) is 36.2 Å². The standard InChI is InChI=1S/C29H50O2/c1-20(2)12-9-13-21(3)14-10-15-22(4)16-11-17-23(5)18-19-27-26(8)28(30)24(6)25(7)29(27)31/h20-23H,9-19H2,1-8H3/t21-,22+,23+/m0/s1. The van der Waals surface area contributed by atoms with Crippen LogP contribution in [0.5, 0.6) is 0 Å². The molecule has 1 aliphatic carbocycles. The molecule has 0 N–H and O–H groups in total. The maximum atomic E-state index is 12.6.